The van der Waals surface area contributed by atoms with Crippen LogP contribution < -0.4 is 4.74 Å². The molecule has 7 heteroatoms. The zero-order valence-electron chi connectivity index (χ0n) is 13.9. The lowest BCUT2D eigenvalue weighted by Crippen LogP contribution is -2.56. The van der Waals surface area contributed by atoms with Crippen LogP contribution in [0.15, 0.2) is 22.7 Å². The first-order valence-electron chi connectivity index (χ1n) is 8.69. The van der Waals surface area contributed by atoms with Crippen molar-refractivity contribution in [2.75, 3.05) is 19.7 Å². The molecule has 1 aliphatic heterocycles. The average Bonchev–Trinajstić information content (AvgIpc) is 2.51. The lowest BCUT2D eigenvalue weighted by molar-refractivity contribution is -0.258. The highest BCUT2D eigenvalue weighted by atomic mass is 79.9. The maximum absolute atomic E-state index is 13.6. The second-order valence-corrected chi connectivity index (χ2v) is 7.99. The molecule has 25 heavy (non-hydrogen) atoms. The van der Waals surface area contributed by atoms with Crippen LogP contribution in [0, 0.1) is 11.2 Å². The van der Waals surface area contributed by atoms with Gasteiger partial charge in [0.15, 0.2) is 0 Å². The molecular weight excluding hydrogens is 402 g/mol. The standard InChI is InChI=1S/C18H22BrF4NO/c19-15-6-5-14(10-16(15)20)25-11-13-4-1-2-9-24(13)12-17(7-3-8-17)18(21,22)23/h5-6,10,13H,1-4,7-9,11-12H2. The minimum atomic E-state index is -4.15. The topological polar surface area (TPSA) is 12.5 Å². The predicted molar refractivity (Wildman–Crippen MR) is 91.1 cm³/mol. The monoisotopic (exact) mass is 423 g/mol. The Morgan fingerprint density at radius 1 is 1.20 bits per heavy atom. The van der Waals surface area contributed by atoms with E-state index < -0.39 is 17.4 Å². The number of likely N-dealkylation sites (tertiary alicyclic amines) is 1. The van der Waals surface area contributed by atoms with Crippen LogP contribution in [0.25, 0.3) is 0 Å². The summed E-state index contributed by atoms with van der Waals surface area (Å²) in [7, 11) is 0. The van der Waals surface area contributed by atoms with Gasteiger partial charge in [-0.3, -0.25) is 4.90 Å². The Kier molecular flexibility index (Phi) is 5.63. The molecule has 1 atom stereocenters. The largest absolute Gasteiger partial charge is 0.492 e. The first kappa shape index (κ1) is 19.0. The summed E-state index contributed by atoms with van der Waals surface area (Å²) in [4.78, 5) is 1.94. The number of rotatable bonds is 5. The molecule has 1 heterocycles. The zero-order valence-corrected chi connectivity index (χ0v) is 15.5. The molecule has 140 valence electrons. The van der Waals surface area contributed by atoms with Crippen LogP contribution in [0.5, 0.6) is 5.75 Å². The van der Waals surface area contributed by atoms with Gasteiger partial charge in [-0.15, -0.1) is 0 Å². The number of hydrogen-bond acceptors (Lipinski definition) is 2. The molecule has 1 aromatic rings. The van der Waals surface area contributed by atoms with Crippen LogP contribution in [0.3, 0.4) is 0 Å². The summed E-state index contributed by atoms with van der Waals surface area (Å²) in [5.74, 6) is -0.0103. The number of piperidine rings is 1. The lowest BCUT2D eigenvalue weighted by atomic mass is 9.67. The Morgan fingerprint density at radius 2 is 1.96 bits per heavy atom. The Bertz CT molecular complexity index is 603. The van der Waals surface area contributed by atoms with E-state index in [1.165, 1.54) is 6.07 Å². The van der Waals surface area contributed by atoms with Gasteiger partial charge in [0, 0.05) is 18.7 Å². The summed E-state index contributed by atoms with van der Waals surface area (Å²) < 4.78 is 60.0. The number of ether oxygens (including phenoxy) is 1. The van der Waals surface area contributed by atoms with E-state index in [0.29, 0.717) is 23.2 Å². The summed E-state index contributed by atoms with van der Waals surface area (Å²) in [5.41, 5.74) is -1.55. The van der Waals surface area contributed by atoms with Crippen LogP contribution >= 0.6 is 15.9 Å². The molecule has 1 saturated heterocycles. The third kappa shape index (κ3) is 4.13. The van der Waals surface area contributed by atoms with Gasteiger partial charge in [-0.25, -0.2) is 4.39 Å². The highest BCUT2D eigenvalue weighted by Crippen LogP contribution is 2.53. The minimum Gasteiger partial charge on any atom is -0.492 e. The van der Waals surface area contributed by atoms with Crippen molar-refractivity contribution in [2.45, 2.75) is 50.7 Å². The van der Waals surface area contributed by atoms with Gasteiger partial charge in [0.25, 0.3) is 0 Å². The number of halogens is 5. The van der Waals surface area contributed by atoms with Gasteiger partial charge in [-0.05, 0) is 60.3 Å². The third-order valence-electron chi connectivity index (χ3n) is 5.50. The van der Waals surface area contributed by atoms with Crippen molar-refractivity contribution in [3.05, 3.63) is 28.5 Å². The van der Waals surface area contributed by atoms with Crippen LogP contribution in [0.4, 0.5) is 17.6 Å². The first-order valence-corrected chi connectivity index (χ1v) is 9.49. The van der Waals surface area contributed by atoms with E-state index in [0.717, 1.165) is 19.3 Å². The molecule has 0 aromatic heterocycles. The van der Waals surface area contributed by atoms with Crippen molar-refractivity contribution in [3.63, 3.8) is 0 Å². The molecule has 1 aliphatic carbocycles. The van der Waals surface area contributed by atoms with Crippen molar-refractivity contribution in [1.82, 2.24) is 4.90 Å². The SMILES string of the molecule is Fc1cc(OCC2CCCCN2CC2(C(F)(F)F)CCC2)ccc1Br. The fourth-order valence-electron chi connectivity index (χ4n) is 3.74. The van der Waals surface area contributed by atoms with Gasteiger partial charge in [0.2, 0.25) is 0 Å². The summed E-state index contributed by atoms with van der Waals surface area (Å²) >= 11 is 3.09. The molecule has 2 aliphatic rings. The Morgan fingerprint density at radius 3 is 2.56 bits per heavy atom. The van der Waals surface area contributed by atoms with E-state index >= 15 is 0 Å². The van der Waals surface area contributed by atoms with E-state index in [2.05, 4.69) is 15.9 Å². The van der Waals surface area contributed by atoms with E-state index in [1.54, 1.807) is 12.1 Å². The third-order valence-corrected chi connectivity index (χ3v) is 6.14. The smallest absolute Gasteiger partial charge is 0.395 e. The van der Waals surface area contributed by atoms with Gasteiger partial charge in [0.05, 0.1) is 9.89 Å². The average molecular weight is 424 g/mol. The molecule has 0 spiro atoms. The molecular formula is C18H22BrF4NO. The molecule has 0 N–H and O–H groups in total. The van der Waals surface area contributed by atoms with Crippen LogP contribution in [-0.2, 0) is 0 Å². The van der Waals surface area contributed by atoms with Gasteiger partial charge in [0.1, 0.15) is 18.2 Å². The van der Waals surface area contributed by atoms with Crippen LogP contribution in [0.1, 0.15) is 38.5 Å². The van der Waals surface area contributed by atoms with E-state index in [-0.39, 0.29) is 32.0 Å². The Labute approximate surface area is 153 Å². The fraction of sp³-hybridized carbons (Fsp3) is 0.667. The molecule has 0 bridgehead atoms. The van der Waals surface area contributed by atoms with Crippen molar-refractivity contribution in [3.8, 4) is 5.75 Å². The van der Waals surface area contributed by atoms with Gasteiger partial charge in [-0.1, -0.05) is 12.8 Å². The van der Waals surface area contributed by atoms with Crippen molar-refractivity contribution >= 4 is 15.9 Å². The quantitative estimate of drug-likeness (QED) is 0.575. The Hall–Kier alpha value is -0.820. The molecule has 0 amide bonds. The first-order chi connectivity index (χ1) is 11.8. The van der Waals surface area contributed by atoms with Gasteiger partial charge in [-0.2, -0.15) is 13.2 Å². The highest BCUT2D eigenvalue weighted by Gasteiger charge is 2.59. The maximum atomic E-state index is 13.6. The summed E-state index contributed by atoms with van der Waals surface area (Å²) in [5, 5.41) is 0. The predicted octanol–water partition coefficient (Wildman–Crippen LogP) is 5.55. The molecule has 2 nitrogen and oxygen atoms in total. The molecule has 1 unspecified atom stereocenters. The van der Waals surface area contributed by atoms with Crippen LogP contribution in [0.2, 0.25) is 0 Å². The van der Waals surface area contributed by atoms with E-state index in [1.807, 2.05) is 4.90 Å². The molecule has 3 rings (SSSR count). The molecule has 1 saturated carbocycles. The number of alkyl halides is 3. The zero-order chi connectivity index (χ0) is 18.1. The van der Waals surface area contributed by atoms with Gasteiger partial charge >= 0.3 is 6.18 Å². The van der Waals surface area contributed by atoms with Crippen molar-refractivity contribution in [1.29, 1.82) is 0 Å². The fourth-order valence-corrected chi connectivity index (χ4v) is 3.99. The number of benzene rings is 1. The highest BCUT2D eigenvalue weighted by molar-refractivity contribution is 9.10. The van der Waals surface area contributed by atoms with Crippen molar-refractivity contribution in [2.24, 2.45) is 5.41 Å². The number of nitrogens with zero attached hydrogens (tertiary/aromatic N) is 1. The summed E-state index contributed by atoms with van der Waals surface area (Å²) in [6.45, 7) is 1.01. The molecule has 2 fully saturated rings. The normalized spacial score (nSPS) is 24.0. The van der Waals surface area contributed by atoms with Crippen LogP contribution in [-0.4, -0.2) is 36.8 Å². The second-order valence-electron chi connectivity index (χ2n) is 7.14. The summed E-state index contributed by atoms with van der Waals surface area (Å²) in [6, 6.07) is 4.46. The summed E-state index contributed by atoms with van der Waals surface area (Å²) in [6.07, 6.45) is -0.352. The van der Waals surface area contributed by atoms with E-state index in [4.69, 9.17) is 4.74 Å². The van der Waals surface area contributed by atoms with E-state index in [9.17, 15) is 17.6 Å². The molecule has 1 aromatic carbocycles. The lowest BCUT2D eigenvalue weighted by Gasteiger charge is -2.48. The maximum Gasteiger partial charge on any atom is 0.395 e. The molecule has 0 radical (unpaired) electrons. The van der Waals surface area contributed by atoms with Crippen molar-refractivity contribution < 1.29 is 22.3 Å². The number of hydrogen-bond donors (Lipinski definition) is 0. The minimum absolute atomic E-state index is 0.0548. The van der Waals surface area contributed by atoms with Gasteiger partial charge < -0.3 is 4.74 Å². The Balaban J connectivity index is 1.63. The second kappa shape index (κ2) is 7.43.